The van der Waals surface area contributed by atoms with Crippen molar-refractivity contribution < 1.29 is 4.42 Å². The third kappa shape index (κ3) is 2.61. The molecule has 5 nitrogen and oxygen atoms in total. The van der Waals surface area contributed by atoms with Crippen molar-refractivity contribution in [3.05, 3.63) is 0 Å². The van der Waals surface area contributed by atoms with E-state index in [1.54, 1.807) is 0 Å². The van der Waals surface area contributed by atoms with Gasteiger partial charge in [0.15, 0.2) is 0 Å². The number of nitrogens with zero attached hydrogens (tertiary/aromatic N) is 2. The fourth-order valence-electron chi connectivity index (χ4n) is 0.695. The zero-order chi connectivity index (χ0) is 10.1. The summed E-state index contributed by atoms with van der Waals surface area (Å²) in [5.41, 5.74) is 5.43. The highest BCUT2D eigenvalue weighted by molar-refractivity contribution is 5.24. The molecule has 0 bridgehead atoms. The molecule has 1 aromatic rings. The van der Waals surface area contributed by atoms with Crippen molar-refractivity contribution in [3.8, 4) is 0 Å². The molecule has 0 aromatic carbocycles. The second kappa shape index (κ2) is 3.24. The summed E-state index contributed by atoms with van der Waals surface area (Å²) in [6.07, 6.45) is 0. The number of rotatable bonds is 2. The average Bonchev–Trinajstić information content (AvgIpc) is 2.33. The van der Waals surface area contributed by atoms with Crippen LogP contribution >= 0.6 is 0 Å². The zero-order valence-corrected chi connectivity index (χ0v) is 8.46. The molecule has 13 heavy (non-hydrogen) atoms. The summed E-state index contributed by atoms with van der Waals surface area (Å²) >= 11 is 0. The minimum Gasteiger partial charge on any atom is -0.390 e. The van der Waals surface area contributed by atoms with E-state index in [2.05, 4.69) is 43.2 Å². The van der Waals surface area contributed by atoms with E-state index in [4.69, 9.17) is 10.2 Å². The predicted molar refractivity (Wildman–Crippen MR) is 51.3 cm³/mol. The lowest BCUT2D eigenvalue weighted by Crippen LogP contribution is -2.30. The van der Waals surface area contributed by atoms with Crippen molar-refractivity contribution in [2.45, 2.75) is 33.7 Å². The van der Waals surface area contributed by atoms with Crippen LogP contribution in [0.1, 0.15) is 27.7 Å². The standard InChI is InChI=1S/C8H16N4O/c1-5(8(2,3)4)10-7-12-11-6(9)13-7/h5H,1-4H3,(H2,9,11)(H,10,12). The molecule has 0 aliphatic heterocycles. The molecule has 74 valence electrons. The zero-order valence-electron chi connectivity index (χ0n) is 8.46. The second-order valence-corrected chi connectivity index (χ2v) is 4.18. The first kappa shape index (κ1) is 9.83. The molecule has 0 aliphatic carbocycles. The van der Waals surface area contributed by atoms with Crippen LogP contribution in [0.25, 0.3) is 0 Å². The second-order valence-electron chi connectivity index (χ2n) is 4.18. The van der Waals surface area contributed by atoms with Crippen molar-refractivity contribution >= 4 is 12.0 Å². The van der Waals surface area contributed by atoms with Gasteiger partial charge in [0.25, 0.3) is 0 Å². The molecule has 0 radical (unpaired) electrons. The monoisotopic (exact) mass is 184 g/mol. The maximum Gasteiger partial charge on any atom is 0.317 e. The molecule has 0 amide bonds. The maximum absolute atomic E-state index is 5.28. The van der Waals surface area contributed by atoms with Gasteiger partial charge in [-0.05, 0) is 12.3 Å². The van der Waals surface area contributed by atoms with Gasteiger partial charge in [-0.3, -0.25) is 0 Å². The lowest BCUT2D eigenvalue weighted by Gasteiger charge is -2.26. The van der Waals surface area contributed by atoms with Crippen LogP contribution in [0.4, 0.5) is 12.0 Å². The van der Waals surface area contributed by atoms with Crippen LogP contribution in [-0.4, -0.2) is 16.2 Å². The predicted octanol–water partition coefficient (Wildman–Crippen LogP) is 1.50. The van der Waals surface area contributed by atoms with Crippen LogP contribution in [0.5, 0.6) is 0 Å². The van der Waals surface area contributed by atoms with E-state index in [9.17, 15) is 0 Å². The average molecular weight is 184 g/mol. The summed E-state index contributed by atoms with van der Waals surface area (Å²) in [5, 5.41) is 10.3. The molecule has 0 saturated heterocycles. The first-order valence-electron chi connectivity index (χ1n) is 4.25. The van der Waals surface area contributed by atoms with Crippen LogP contribution in [-0.2, 0) is 0 Å². The third-order valence-corrected chi connectivity index (χ3v) is 2.08. The van der Waals surface area contributed by atoms with Gasteiger partial charge in [0, 0.05) is 6.04 Å². The topological polar surface area (TPSA) is 77.0 Å². The van der Waals surface area contributed by atoms with Crippen LogP contribution in [0.2, 0.25) is 0 Å². The molecule has 3 N–H and O–H groups in total. The van der Waals surface area contributed by atoms with E-state index < -0.39 is 0 Å². The van der Waals surface area contributed by atoms with Crippen LogP contribution in [0.3, 0.4) is 0 Å². The molecule has 1 unspecified atom stereocenters. The summed E-state index contributed by atoms with van der Waals surface area (Å²) in [6.45, 7) is 8.44. The van der Waals surface area contributed by atoms with E-state index in [1.807, 2.05) is 0 Å². The van der Waals surface area contributed by atoms with Gasteiger partial charge >= 0.3 is 12.0 Å². The maximum atomic E-state index is 5.28. The van der Waals surface area contributed by atoms with Gasteiger partial charge in [-0.2, -0.15) is 0 Å². The highest BCUT2D eigenvalue weighted by Crippen LogP contribution is 2.22. The van der Waals surface area contributed by atoms with Crippen LogP contribution in [0.15, 0.2) is 4.42 Å². The SMILES string of the molecule is CC(Nc1nnc(N)o1)C(C)(C)C. The van der Waals surface area contributed by atoms with Gasteiger partial charge in [-0.25, -0.2) is 0 Å². The largest absolute Gasteiger partial charge is 0.390 e. The van der Waals surface area contributed by atoms with E-state index in [0.29, 0.717) is 6.01 Å². The van der Waals surface area contributed by atoms with E-state index in [1.165, 1.54) is 0 Å². The number of aromatic nitrogens is 2. The Morgan fingerprint density at radius 2 is 2.00 bits per heavy atom. The molecule has 5 heteroatoms. The fraction of sp³-hybridized carbons (Fsp3) is 0.750. The Labute approximate surface area is 77.7 Å². The number of nitrogens with one attached hydrogen (secondary N) is 1. The Morgan fingerprint density at radius 1 is 1.38 bits per heavy atom. The highest BCUT2D eigenvalue weighted by Gasteiger charge is 2.21. The third-order valence-electron chi connectivity index (χ3n) is 2.08. The fourth-order valence-corrected chi connectivity index (χ4v) is 0.695. The normalized spacial score (nSPS) is 14.2. The smallest absolute Gasteiger partial charge is 0.317 e. The van der Waals surface area contributed by atoms with Gasteiger partial charge < -0.3 is 15.5 Å². The van der Waals surface area contributed by atoms with Crippen molar-refractivity contribution in [2.24, 2.45) is 5.41 Å². The Morgan fingerprint density at radius 3 is 2.38 bits per heavy atom. The first-order valence-corrected chi connectivity index (χ1v) is 4.25. The van der Waals surface area contributed by atoms with Crippen LogP contribution < -0.4 is 11.1 Å². The number of nitrogens with two attached hydrogens (primary N) is 1. The summed E-state index contributed by atoms with van der Waals surface area (Å²) < 4.78 is 4.99. The minimum atomic E-state index is 0.0867. The van der Waals surface area contributed by atoms with Crippen molar-refractivity contribution in [2.75, 3.05) is 11.1 Å². The number of hydrogen-bond acceptors (Lipinski definition) is 5. The number of hydrogen-bond donors (Lipinski definition) is 2. The molecule has 1 rings (SSSR count). The molecule has 0 saturated carbocycles. The number of nitrogen functional groups attached to an aromatic ring is 1. The molecule has 1 heterocycles. The van der Waals surface area contributed by atoms with E-state index >= 15 is 0 Å². The summed E-state index contributed by atoms with van der Waals surface area (Å²) in [6, 6.07) is 0.705. The van der Waals surface area contributed by atoms with Gasteiger partial charge in [-0.1, -0.05) is 31.0 Å². The molecule has 1 aromatic heterocycles. The molecule has 0 fully saturated rings. The van der Waals surface area contributed by atoms with E-state index in [-0.39, 0.29) is 17.5 Å². The Hall–Kier alpha value is -1.26. The van der Waals surface area contributed by atoms with Gasteiger partial charge in [0.2, 0.25) is 0 Å². The lowest BCUT2D eigenvalue weighted by atomic mass is 9.88. The van der Waals surface area contributed by atoms with Crippen molar-refractivity contribution in [3.63, 3.8) is 0 Å². The lowest BCUT2D eigenvalue weighted by molar-refractivity contribution is 0.352. The molecular formula is C8H16N4O. The summed E-state index contributed by atoms with van der Waals surface area (Å²) in [7, 11) is 0. The molecule has 0 aliphatic rings. The highest BCUT2D eigenvalue weighted by atomic mass is 16.4. The van der Waals surface area contributed by atoms with Crippen LogP contribution in [0, 0.1) is 5.41 Å². The minimum absolute atomic E-state index is 0.0867. The number of anilines is 2. The Bertz CT molecular complexity index is 276. The molecular weight excluding hydrogens is 168 g/mol. The van der Waals surface area contributed by atoms with Gasteiger partial charge in [0.05, 0.1) is 0 Å². The van der Waals surface area contributed by atoms with E-state index in [0.717, 1.165) is 0 Å². The van der Waals surface area contributed by atoms with Crippen molar-refractivity contribution in [1.82, 2.24) is 10.2 Å². The summed E-state index contributed by atoms with van der Waals surface area (Å²) in [4.78, 5) is 0. The molecule has 0 spiro atoms. The van der Waals surface area contributed by atoms with Gasteiger partial charge in [0.1, 0.15) is 0 Å². The van der Waals surface area contributed by atoms with Crippen molar-refractivity contribution in [1.29, 1.82) is 0 Å². The quantitative estimate of drug-likeness (QED) is 0.728. The van der Waals surface area contributed by atoms with Gasteiger partial charge in [-0.15, -0.1) is 0 Å². The summed E-state index contributed by atoms with van der Waals surface area (Å²) in [5.74, 6) is 0. The molecule has 1 atom stereocenters. The Kier molecular flexibility index (Phi) is 2.45. The Balaban J connectivity index is 2.60. The first-order chi connectivity index (χ1) is 5.89.